The largest absolute Gasteiger partial charge is 0.356 e. The second-order valence-electron chi connectivity index (χ2n) is 8.65. The summed E-state index contributed by atoms with van der Waals surface area (Å²) in [6, 6.07) is 15.6. The Morgan fingerprint density at radius 1 is 1.12 bits per heavy atom. The number of carbonyl (C=O) groups excluding carboxylic acids is 2. The first-order chi connectivity index (χ1) is 16.4. The predicted molar refractivity (Wildman–Crippen MR) is 136 cm³/mol. The van der Waals surface area contributed by atoms with E-state index in [1.807, 2.05) is 55.5 Å². The second-order valence-corrected chi connectivity index (χ2v) is 10.4. The quantitative estimate of drug-likeness (QED) is 0.301. The zero-order valence-electron chi connectivity index (χ0n) is 19.5. The van der Waals surface area contributed by atoms with Crippen LogP contribution in [0, 0.1) is 0 Å². The fourth-order valence-corrected chi connectivity index (χ4v) is 5.56. The van der Waals surface area contributed by atoms with E-state index in [1.165, 1.54) is 31.5 Å². The van der Waals surface area contributed by atoms with Gasteiger partial charge in [0.25, 0.3) is 0 Å². The van der Waals surface area contributed by atoms with Gasteiger partial charge in [0, 0.05) is 30.6 Å². The Kier molecular flexibility index (Phi) is 8.06. The minimum atomic E-state index is -0.311. The number of benzene rings is 2. The van der Waals surface area contributed by atoms with E-state index in [0.717, 1.165) is 41.4 Å². The van der Waals surface area contributed by atoms with Gasteiger partial charge in [0.15, 0.2) is 16.8 Å². The van der Waals surface area contributed by atoms with E-state index in [0.29, 0.717) is 23.2 Å². The van der Waals surface area contributed by atoms with Gasteiger partial charge in [0.1, 0.15) is 0 Å². The molecule has 1 aliphatic carbocycles. The summed E-state index contributed by atoms with van der Waals surface area (Å²) in [4.78, 5) is 24.2. The Labute approximate surface area is 209 Å². The normalized spacial score (nSPS) is 14.8. The summed E-state index contributed by atoms with van der Waals surface area (Å²) in [6.07, 6.45) is 5.24. The third kappa shape index (κ3) is 5.70. The number of nitrogens with one attached hydrogen (secondary N) is 1. The average Bonchev–Trinajstić information content (AvgIpc) is 3.49. The summed E-state index contributed by atoms with van der Waals surface area (Å²) < 4.78 is 2.19. The van der Waals surface area contributed by atoms with E-state index in [1.54, 1.807) is 0 Å². The first kappa shape index (κ1) is 24.5. The molecule has 2 aromatic carbocycles. The highest BCUT2D eigenvalue weighted by molar-refractivity contribution is 8.00. The zero-order chi connectivity index (χ0) is 24.1. The third-order valence-electron chi connectivity index (χ3n) is 6.15. The van der Waals surface area contributed by atoms with Crippen LogP contribution in [0.3, 0.4) is 0 Å². The van der Waals surface area contributed by atoms with Crippen molar-refractivity contribution >= 4 is 35.1 Å². The molecule has 0 spiro atoms. The summed E-state index contributed by atoms with van der Waals surface area (Å²) in [5, 5.41) is 12.9. The van der Waals surface area contributed by atoms with Crippen molar-refractivity contribution in [3.05, 3.63) is 64.7 Å². The first-order valence-corrected chi connectivity index (χ1v) is 12.9. The van der Waals surface area contributed by atoms with Crippen LogP contribution in [0.4, 0.5) is 0 Å². The van der Waals surface area contributed by atoms with E-state index >= 15 is 0 Å². The molecule has 8 heteroatoms. The summed E-state index contributed by atoms with van der Waals surface area (Å²) >= 11 is 7.93. The molecule has 34 heavy (non-hydrogen) atoms. The van der Waals surface area contributed by atoms with E-state index in [2.05, 4.69) is 20.1 Å². The van der Waals surface area contributed by atoms with Gasteiger partial charge >= 0.3 is 0 Å². The molecule has 4 rings (SSSR count). The maximum Gasteiger partial charge on any atom is 0.216 e. The Balaban J connectivity index is 1.51. The monoisotopic (exact) mass is 496 g/mol. The van der Waals surface area contributed by atoms with Crippen molar-refractivity contribution in [1.29, 1.82) is 0 Å². The van der Waals surface area contributed by atoms with Crippen molar-refractivity contribution in [3.8, 4) is 11.4 Å². The van der Waals surface area contributed by atoms with E-state index < -0.39 is 0 Å². The van der Waals surface area contributed by atoms with Crippen LogP contribution in [-0.2, 0) is 11.2 Å². The smallest absolute Gasteiger partial charge is 0.216 e. The third-order valence-corrected chi connectivity index (χ3v) is 7.53. The van der Waals surface area contributed by atoms with Crippen molar-refractivity contribution in [1.82, 2.24) is 20.1 Å². The van der Waals surface area contributed by atoms with Gasteiger partial charge in [0.2, 0.25) is 5.91 Å². The molecule has 1 amide bonds. The second kappa shape index (κ2) is 11.2. The number of amides is 1. The maximum atomic E-state index is 13.2. The molecular formula is C26H29ClN4O2S. The summed E-state index contributed by atoms with van der Waals surface area (Å²) in [7, 11) is 0. The SMILES string of the molecule is CC(=O)NCCc1ccc(C(=O)C(C)Sc2nnc(-c3ccccc3Cl)n2C2CCCC2)cc1. The van der Waals surface area contributed by atoms with Gasteiger partial charge in [-0.3, -0.25) is 14.2 Å². The number of ketones is 1. The van der Waals surface area contributed by atoms with Crippen molar-refractivity contribution in [2.24, 2.45) is 0 Å². The van der Waals surface area contributed by atoms with Gasteiger partial charge in [0.05, 0.1) is 10.3 Å². The molecule has 1 aromatic heterocycles. The molecule has 1 saturated carbocycles. The lowest BCUT2D eigenvalue weighted by atomic mass is 10.0. The maximum absolute atomic E-state index is 13.2. The van der Waals surface area contributed by atoms with Crippen LogP contribution in [0.1, 0.15) is 61.5 Å². The lowest BCUT2D eigenvalue weighted by Gasteiger charge is -2.18. The van der Waals surface area contributed by atoms with Gasteiger partial charge in [-0.25, -0.2) is 0 Å². The van der Waals surface area contributed by atoms with Crippen LogP contribution in [0.2, 0.25) is 5.02 Å². The Morgan fingerprint density at radius 2 is 1.82 bits per heavy atom. The number of hydrogen-bond acceptors (Lipinski definition) is 5. The Hall–Kier alpha value is -2.64. The lowest BCUT2D eigenvalue weighted by Crippen LogP contribution is -2.22. The van der Waals surface area contributed by atoms with Crippen LogP contribution in [0.25, 0.3) is 11.4 Å². The van der Waals surface area contributed by atoms with Gasteiger partial charge in [-0.1, -0.05) is 72.6 Å². The van der Waals surface area contributed by atoms with Crippen LogP contribution in [0.15, 0.2) is 53.7 Å². The Morgan fingerprint density at radius 3 is 2.50 bits per heavy atom. The van der Waals surface area contributed by atoms with E-state index in [4.69, 9.17) is 11.6 Å². The zero-order valence-corrected chi connectivity index (χ0v) is 21.0. The van der Waals surface area contributed by atoms with Crippen molar-refractivity contribution in [2.75, 3.05) is 6.54 Å². The Bertz CT molecular complexity index is 1160. The van der Waals surface area contributed by atoms with Gasteiger partial charge in [-0.2, -0.15) is 0 Å². The number of hydrogen-bond donors (Lipinski definition) is 1. The highest BCUT2D eigenvalue weighted by Crippen LogP contribution is 2.39. The number of thioether (sulfide) groups is 1. The molecule has 0 saturated heterocycles. The fraction of sp³-hybridized carbons (Fsp3) is 0.385. The van der Waals surface area contributed by atoms with E-state index in [9.17, 15) is 9.59 Å². The summed E-state index contributed by atoms with van der Waals surface area (Å²) in [5.74, 6) is 0.780. The number of nitrogens with zero attached hydrogens (tertiary/aromatic N) is 3. The van der Waals surface area contributed by atoms with Gasteiger partial charge < -0.3 is 5.32 Å². The van der Waals surface area contributed by atoms with Crippen LogP contribution >= 0.6 is 23.4 Å². The standard InChI is InChI=1S/C26H29ClN4O2S/c1-17(24(33)20-13-11-19(12-14-20)15-16-28-18(2)32)34-26-30-29-25(22-9-5-6-10-23(22)27)31(26)21-7-3-4-8-21/h5-6,9-14,17,21H,3-4,7-8,15-16H2,1-2H3,(H,28,32). The number of carbonyl (C=O) groups is 2. The number of halogens is 1. The molecule has 1 heterocycles. The molecule has 6 nitrogen and oxygen atoms in total. The lowest BCUT2D eigenvalue weighted by molar-refractivity contribution is -0.118. The minimum Gasteiger partial charge on any atom is -0.356 e. The molecule has 1 unspecified atom stereocenters. The van der Waals surface area contributed by atoms with Gasteiger partial charge in [-0.15, -0.1) is 10.2 Å². The molecule has 0 bridgehead atoms. The highest BCUT2D eigenvalue weighted by Gasteiger charge is 2.28. The van der Waals surface area contributed by atoms with Crippen molar-refractivity contribution in [3.63, 3.8) is 0 Å². The molecular weight excluding hydrogens is 468 g/mol. The van der Waals surface area contributed by atoms with Crippen molar-refractivity contribution in [2.45, 2.75) is 62.4 Å². The van der Waals surface area contributed by atoms with Gasteiger partial charge in [-0.05, 0) is 43.9 Å². The predicted octanol–water partition coefficient (Wildman–Crippen LogP) is 5.76. The number of rotatable bonds is 9. The average molecular weight is 497 g/mol. The van der Waals surface area contributed by atoms with Crippen LogP contribution in [0.5, 0.6) is 0 Å². The van der Waals surface area contributed by atoms with Crippen molar-refractivity contribution < 1.29 is 9.59 Å². The molecule has 0 radical (unpaired) electrons. The fourth-order valence-electron chi connectivity index (χ4n) is 4.34. The molecule has 1 N–H and O–H groups in total. The van der Waals surface area contributed by atoms with E-state index in [-0.39, 0.29) is 16.9 Å². The molecule has 3 aromatic rings. The first-order valence-electron chi connectivity index (χ1n) is 11.7. The number of aromatic nitrogens is 3. The topological polar surface area (TPSA) is 76.9 Å². The molecule has 1 fully saturated rings. The molecule has 178 valence electrons. The minimum absolute atomic E-state index is 0.0409. The molecule has 1 atom stereocenters. The molecule has 1 aliphatic rings. The molecule has 0 aliphatic heterocycles. The summed E-state index contributed by atoms with van der Waals surface area (Å²) in [5.41, 5.74) is 2.61. The summed E-state index contributed by atoms with van der Waals surface area (Å²) in [6.45, 7) is 4.01. The number of Topliss-reactive ketones (excluding diaryl/α,β-unsaturated/α-hetero) is 1. The van der Waals surface area contributed by atoms with Crippen LogP contribution in [-0.4, -0.2) is 38.2 Å². The van der Waals surface area contributed by atoms with Crippen LogP contribution < -0.4 is 5.32 Å². The highest BCUT2D eigenvalue weighted by atomic mass is 35.5.